The van der Waals surface area contributed by atoms with Gasteiger partial charge in [-0.15, -0.1) is 0 Å². The van der Waals surface area contributed by atoms with E-state index in [4.69, 9.17) is 16.3 Å². The highest BCUT2D eigenvalue weighted by molar-refractivity contribution is 6.30. The Bertz CT molecular complexity index is 511. The monoisotopic (exact) mass is 296 g/mol. The number of aromatic nitrogens is 1. The van der Waals surface area contributed by atoms with Crippen LogP contribution in [0.1, 0.15) is 50.8 Å². The minimum absolute atomic E-state index is 0.0355. The summed E-state index contributed by atoms with van der Waals surface area (Å²) in [6.07, 6.45) is 3.41. The molecule has 1 atom stereocenters. The van der Waals surface area contributed by atoms with E-state index in [1.54, 1.807) is 11.1 Å². The number of carbonyl (C=O) groups is 1. The van der Waals surface area contributed by atoms with Gasteiger partial charge in [0.25, 0.3) is 0 Å². The second kappa shape index (κ2) is 5.60. The SMILES string of the molecule is Cc1cc([C@@H]2CCCN2C(=O)OC(C)(C)C)cnc1Cl. The fraction of sp³-hybridized carbons (Fsp3) is 0.600. The topological polar surface area (TPSA) is 42.4 Å². The second-order valence-electron chi connectivity index (χ2n) is 6.21. The Morgan fingerprint density at radius 1 is 1.50 bits per heavy atom. The molecule has 1 fully saturated rings. The molecule has 1 aliphatic heterocycles. The lowest BCUT2D eigenvalue weighted by atomic mass is 10.1. The minimum atomic E-state index is -0.474. The molecule has 20 heavy (non-hydrogen) atoms. The number of halogens is 1. The summed E-state index contributed by atoms with van der Waals surface area (Å²) in [7, 11) is 0. The van der Waals surface area contributed by atoms with Crippen molar-refractivity contribution < 1.29 is 9.53 Å². The van der Waals surface area contributed by atoms with Crippen molar-refractivity contribution in [2.24, 2.45) is 0 Å². The Morgan fingerprint density at radius 2 is 2.20 bits per heavy atom. The molecule has 0 radical (unpaired) electrons. The van der Waals surface area contributed by atoms with Crippen LogP contribution in [-0.4, -0.2) is 28.1 Å². The molecule has 1 saturated heterocycles. The predicted molar refractivity (Wildman–Crippen MR) is 78.9 cm³/mol. The molecule has 0 saturated carbocycles. The van der Waals surface area contributed by atoms with Gasteiger partial charge in [0, 0.05) is 12.7 Å². The van der Waals surface area contributed by atoms with Crippen LogP contribution in [0, 0.1) is 6.92 Å². The molecule has 1 amide bonds. The first-order valence-electron chi connectivity index (χ1n) is 6.89. The molecule has 0 unspecified atom stereocenters. The second-order valence-corrected chi connectivity index (χ2v) is 6.57. The summed E-state index contributed by atoms with van der Waals surface area (Å²) in [6.45, 7) is 8.28. The maximum Gasteiger partial charge on any atom is 0.410 e. The maximum atomic E-state index is 12.3. The van der Waals surface area contributed by atoms with Crippen LogP contribution in [-0.2, 0) is 4.74 Å². The first-order chi connectivity index (χ1) is 9.28. The summed E-state index contributed by atoms with van der Waals surface area (Å²) in [6, 6.07) is 2.04. The van der Waals surface area contributed by atoms with E-state index >= 15 is 0 Å². The summed E-state index contributed by atoms with van der Waals surface area (Å²) < 4.78 is 5.47. The summed E-state index contributed by atoms with van der Waals surface area (Å²) in [5, 5.41) is 0.510. The third kappa shape index (κ3) is 3.42. The standard InChI is InChI=1S/C15H21ClN2O2/c1-10-8-11(9-17-13(10)16)12-6-5-7-18(12)14(19)20-15(2,3)4/h8-9,12H,5-7H2,1-4H3/t12-/m0/s1. The lowest BCUT2D eigenvalue weighted by Crippen LogP contribution is -2.36. The number of likely N-dealkylation sites (tertiary alicyclic amines) is 1. The zero-order valence-electron chi connectivity index (χ0n) is 12.4. The van der Waals surface area contributed by atoms with Crippen LogP contribution in [0.3, 0.4) is 0 Å². The molecule has 0 spiro atoms. The van der Waals surface area contributed by atoms with E-state index in [2.05, 4.69) is 4.98 Å². The first kappa shape index (κ1) is 15.1. The fourth-order valence-electron chi connectivity index (χ4n) is 2.41. The molecule has 110 valence electrons. The molecule has 2 rings (SSSR count). The van der Waals surface area contributed by atoms with Gasteiger partial charge in [-0.05, 0) is 57.7 Å². The van der Waals surface area contributed by atoms with E-state index in [1.165, 1.54) is 0 Å². The molecule has 0 bridgehead atoms. The quantitative estimate of drug-likeness (QED) is 0.732. The number of hydrogen-bond acceptors (Lipinski definition) is 3. The number of ether oxygens (including phenoxy) is 1. The Labute approximate surface area is 125 Å². The molecule has 1 aromatic heterocycles. The number of carbonyl (C=O) groups excluding carboxylic acids is 1. The number of nitrogens with zero attached hydrogens (tertiary/aromatic N) is 2. The fourth-order valence-corrected chi connectivity index (χ4v) is 2.52. The molecular weight excluding hydrogens is 276 g/mol. The Hall–Kier alpha value is -1.29. The van der Waals surface area contributed by atoms with Crippen molar-refractivity contribution in [3.05, 3.63) is 28.5 Å². The smallest absolute Gasteiger partial charge is 0.410 e. The normalized spacial score (nSPS) is 19.2. The van der Waals surface area contributed by atoms with Crippen LogP contribution >= 0.6 is 11.6 Å². The molecule has 1 aliphatic rings. The first-order valence-corrected chi connectivity index (χ1v) is 7.27. The highest BCUT2D eigenvalue weighted by Gasteiger charge is 2.33. The van der Waals surface area contributed by atoms with E-state index in [0.717, 1.165) is 30.5 Å². The minimum Gasteiger partial charge on any atom is -0.444 e. The molecule has 1 aromatic rings. The third-order valence-corrected chi connectivity index (χ3v) is 3.70. The number of rotatable bonds is 1. The number of hydrogen-bond donors (Lipinski definition) is 0. The lowest BCUT2D eigenvalue weighted by molar-refractivity contribution is 0.0224. The van der Waals surface area contributed by atoms with E-state index in [9.17, 15) is 4.79 Å². The van der Waals surface area contributed by atoms with Gasteiger partial charge in [-0.1, -0.05) is 11.6 Å². The van der Waals surface area contributed by atoms with Gasteiger partial charge in [0.05, 0.1) is 6.04 Å². The van der Waals surface area contributed by atoms with Gasteiger partial charge >= 0.3 is 6.09 Å². The highest BCUT2D eigenvalue weighted by Crippen LogP contribution is 2.33. The van der Waals surface area contributed by atoms with Gasteiger partial charge in [0.2, 0.25) is 0 Å². The number of pyridine rings is 1. The molecule has 5 heteroatoms. The highest BCUT2D eigenvalue weighted by atomic mass is 35.5. The molecular formula is C15H21ClN2O2. The third-order valence-electron chi connectivity index (χ3n) is 3.30. The van der Waals surface area contributed by atoms with Gasteiger partial charge < -0.3 is 9.64 Å². The largest absolute Gasteiger partial charge is 0.444 e. The van der Waals surface area contributed by atoms with Gasteiger partial charge in [0.15, 0.2) is 0 Å². The van der Waals surface area contributed by atoms with Crippen LogP contribution in [0.5, 0.6) is 0 Å². The summed E-state index contributed by atoms with van der Waals surface area (Å²) in [4.78, 5) is 18.2. The number of amides is 1. The van der Waals surface area contributed by atoms with Crippen molar-refractivity contribution in [3.63, 3.8) is 0 Å². The molecule has 0 N–H and O–H groups in total. The molecule has 4 nitrogen and oxygen atoms in total. The van der Waals surface area contributed by atoms with Crippen LogP contribution in [0.4, 0.5) is 4.79 Å². The van der Waals surface area contributed by atoms with E-state index in [-0.39, 0.29) is 12.1 Å². The molecule has 0 aliphatic carbocycles. The van der Waals surface area contributed by atoms with Gasteiger partial charge in [-0.2, -0.15) is 0 Å². The average Bonchev–Trinajstić information content (AvgIpc) is 2.79. The Kier molecular flexibility index (Phi) is 4.23. The number of aryl methyl sites for hydroxylation is 1. The zero-order valence-corrected chi connectivity index (χ0v) is 13.2. The van der Waals surface area contributed by atoms with Crippen molar-refractivity contribution in [2.75, 3.05) is 6.54 Å². The molecule has 0 aromatic carbocycles. The molecule has 2 heterocycles. The van der Waals surface area contributed by atoms with Crippen molar-refractivity contribution in [1.82, 2.24) is 9.88 Å². The van der Waals surface area contributed by atoms with Crippen molar-refractivity contribution >= 4 is 17.7 Å². The van der Waals surface area contributed by atoms with Crippen LogP contribution in [0.15, 0.2) is 12.3 Å². The van der Waals surface area contributed by atoms with Gasteiger partial charge in [0.1, 0.15) is 10.8 Å². The van der Waals surface area contributed by atoms with E-state index in [0.29, 0.717) is 5.15 Å². The lowest BCUT2D eigenvalue weighted by Gasteiger charge is -2.28. The zero-order chi connectivity index (χ0) is 14.9. The van der Waals surface area contributed by atoms with Gasteiger partial charge in [-0.3, -0.25) is 0 Å². The van der Waals surface area contributed by atoms with Crippen LogP contribution in [0.2, 0.25) is 5.15 Å². The van der Waals surface area contributed by atoms with Crippen LogP contribution in [0.25, 0.3) is 0 Å². The summed E-state index contributed by atoms with van der Waals surface area (Å²) >= 11 is 5.96. The summed E-state index contributed by atoms with van der Waals surface area (Å²) in [5.74, 6) is 0. The van der Waals surface area contributed by atoms with Gasteiger partial charge in [-0.25, -0.2) is 9.78 Å². The van der Waals surface area contributed by atoms with Crippen molar-refractivity contribution in [1.29, 1.82) is 0 Å². The van der Waals surface area contributed by atoms with E-state index in [1.807, 2.05) is 33.8 Å². The average molecular weight is 297 g/mol. The maximum absolute atomic E-state index is 12.3. The summed E-state index contributed by atoms with van der Waals surface area (Å²) in [5.41, 5.74) is 1.48. The Balaban J connectivity index is 2.18. The van der Waals surface area contributed by atoms with Crippen molar-refractivity contribution in [3.8, 4) is 0 Å². The van der Waals surface area contributed by atoms with Crippen LogP contribution < -0.4 is 0 Å². The predicted octanol–water partition coefficient (Wildman–Crippen LogP) is 4.12. The van der Waals surface area contributed by atoms with Crippen molar-refractivity contribution in [2.45, 2.75) is 52.2 Å². The Morgan fingerprint density at radius 3 is 2.80 bits per heavy atom. The van der Waals surface area contributed by atoms with E-state index < -0.39 is 5.60 Å².